The maximum Gasteiger partial charge on any atom is 0.251 e. The van der Waals surface area contributed by atoms with Crippen LogP contribution < -0.4 is 10.6 Å². The van der Waals surface area contributed by atoms with Crippen LogP contribution in [-0.2, 0) is 0 Å². The minimum absolute atomic E-state index is 0.0217. The molecule has 2 N–H and O–H groups in total. The number of hydrogen-bond donors (Lipinski definition) is 2. The smallest absolute Gasteiger partial charge is 0.251 e. The number of piperidine rings is 1. The fraction of sp³-hybridized carbons (Fsp3) is 0.533. The molecule has 104 valence electrons. The van der Waals surface area contributed by atoms with Crippen LogP contribution in [0.1, 0.15) is 35.7 Å². The molecule has 0 aliphatic carbocycles. The van der Waals surface area contributed by atoms with E-state index in [9.17, 15) is 4.79 Å². The molecule has 1 aliphatic rings. The third kappa shape index (κ3) is 3.71. The number of carbonyl (C=O) groups is 1. The van der Waals surface area contributed by atoms with E-state index in [1.165, 1.54) is 6.42 Å². The van der Waals surface area contributed by atoms with Crippen LogP contribution in [0, 0.1) is 12.3 Å². The molecule has 1 amide bonds. The number of carbonyl (C=O) groups excluding carboxylic acids is 1. The van der Waals surface area contributed by atoms with Crippen molar-refractivity contribution in [2.45, 2.75) is 26.7 Å². The molecule has 1 fully saturated rings. The first-order chi connectivity index (χ1) is 9.00. The van der Waals surface area contributed by atoms with Gasteiger partial charge < -0.3 is 10.6 Å². The molecule has 0 spiro atoms. The first-order valence-corrected chi connectivity index (χ1v) is 7.13. The molecule has 1 heterocycles. The molecule has 0 bridgehead atoms. The molecule has 0 radical (unpaired) electrons. The quantitative estimate of drug-likeness (QED) is 0.894. The molecule has 19 heavy (non-hydrogen) atoms. The highest BCUT2D eigenvalue weighted by Crippen LogP contribution is 2.24. The van der Waals surface area contributed by atoms with E-state index in [-0.39, 0.29) is 11.3 Å². The van der Waals surface area contributed by atoms with E-state index in [1.54, 1.807) is 12.1 Å². The van der Waals surface area contributed by atoms with Crippen molar-refractivity contribution in [3.63, 3.8) is 0 Å². The zero-order valence-electron chi connectivity index (χ0n) is 11.6. The summed E-state index contributed by atoms with van der Waals surface area (Å²) in [5.41, 5.74) is 1.77. The Balaban J connectivity index is 1.95. The standard InChI is InChI=1S/C15H21ClN2O/c1-11-8-12(4-5-13(11)16)14(19)18-10-15(2)6-3-7-17-9-15/h4-5,8,17H,3,6-7,9-10H2,1-2H3,(H,18,19). The van der Waals surface area contributed by atoms with Gasteiger partial charge in [-0.1, -0.05) is 18.5 Å². The van der Waals surface area contributed by atoms with Crippen LogP contribution >= 0.6 is 11.6 Å². The number of aryl methyl sites for hydroxylation is 1. The Morgan fingerprint density at radius 1 is 1.53 bits per heavy atom. The Bertz CT molecular complexity index is 467. The van der Waals surface area contributed by atoms with Crippen LogP contribution in [0.2, 0.25) is 5.02 Å². The molecule has 1 aromatic carbocycles. The van der Waals surface area contributed by atoms with E-state index >= 15 is 0 Å². The first kappa shape index (κ1) is 14.4. The van der Waals surface area contributed by atoms with Crippen molar-refractivity contribution in [2.75, 3.05) is 19.6 Å². The predicted octanol–water partition coefficient (Wildman–Crippen LogP) is 2.77. The summed E-state index contributed by atoms with van der Waals surface area (Å²) in [5.74, 6) is -0.0217. The average molecular weight is 281 g/mol. The molecule has 1 atom stereocenters. The van der Waals surface area contributed by atoms with Crippen molar-refractivity contribution >= 4 is 17.5 Å². The lowest BCUT2D eigenvalue weighted by Crippen LogP contribution is -2.45. The van der Waals surface area contributed by atoms with Gasteiger partial charge in [0.25, 0.3) is 5.91 Å². The minimum atomic E-state index is -0.0217. The van der Waals surface area contributed by atoms with Crippen molar-refractivity contribution < 1.29 is 4.79 Å². The summed E-state index contributed by atoms with van der Waals surface area (Å²) in [6.45, 7) is 6.88. The van der Waals surface area contributed by atoms with Gasteiger partial charge in [-0.2, -0.15) is 0 Å². The normalized spacial score (nSPS) is 23.1. The van der Waals surface area contributed by atoms with E-state index in [4.69, 9.17) is 11.6 Å². The highest BCUT2D eigenvalue weighted by molar-refractivity contribution is 6.31. The van der Waals surface area contributed by atoms with Gasteiger partial charge in [-0.25, -0.2) is 0 Å². The second-order valence-electron chi connectivity index (χ2n) is 5.74. The Kier molecular flexibility index (Phi) is 4.48. The van der Waals surface area contributed by atoms with E-state index in [0.717, 1.165) is 25.1 Å². The fourth-order valence-electron chi connectivity index (χ4n) is 2.45. The molecular formula is C15H21ClN2O. The Morgan fingerprint density at radius 2 is 2.32 bits per heavy atom. The molecule has 1 saturated heterocycles. The number of halogens is 1. The Labute approximate surface area is 119 Å². The van der Waals surface area contributed by atoms with Gasteiger partial charge in [-0.3, -0.25) is 4.79 Å². The highest BCUT2D eigenvalue weighted by atomic mass is 35.5. The third-order valence-electron chi connectivity index (χ3n) is 3.78. The Hall–Kier alpha value is -1.06. The van der Waals surface area contributed by atoms with Crippen LogP contribution in [0.15, 0.2) is 18.2 Å². The SMILES string of the molecule is Cc1cc(C(=O)NCC2(C)CCCNC2)ccc1Cl. The van der Waals surface area contributed by atoms with Crippen molar-refractivity contribution in [1.29, 1.82) is 0 Å². The molecule has 1 unspecified atom stereocenters. The van der Waals surface area contributed by atoms with Gasteiger partial charge in [-0.15, -0.1) is 0 Å². The number of rotatable bonds is 3. The molecule has 1 aromatic rings. The van der Waals surface area contributed by atoms with Gasteiger partial charge in [0.1, 0.15) is 0 Å². The monoisotopic (exact) mass is 280 g/mol. The van der Waals surface area contributed by atoms with Crippen molar-refractivity contribution in [1.82, 2.24) is 10.6 Å². The molecule has 1 aliphatic heterocycles. The molecule has 0 aromatic heterocycles. The molecular weight excluding hydrogens is 260 g/mol. The van der Waals surface area contributed by atoms with Crippen molar-refractivity contribution in [3.05, 3.63) is 34.3 Å². The topological polar surface area (TPSA) is 41.1 Å². The van der Waals surface area contributed by atoms with Crippen molar-refractivity contribution in [3.8, 4) is 0 Å². The van der Waals surface area contributed by atoms with Crippen LogP contribution in [-0.4, -0.2) is 25.5 Å². The lowest BCUT2D eigenvalue weighted by atomic mass is 9.83. The van der Waals surface area contributed by atoms with Crippen LogP contribution in [0.5, 0.6) is 0 Å². The maximum absolute atomic E-state index is 12.1. The third-order valence-corrected chi connectivity index (χ3v) is 4.21. The largest absolute Gasteiger partial charge is 0.351 e. The first-order valence-electron chi connectivity index (χ1n) is 6.75. The maximum atomic E-state index is 12.1. The number of benzene rings is 1. The lowest BCUT2D eigenvalue weighted by Gasteiger charge is -2.34. The van der Waals surface area contributed by atoms with Crippen LogP contribution in [0.3, 0.4) is 0 Å². The van der Waals surface area contributed by atoms with Crippen molar-refractivity contribution in [2.24, 2.45) is 5.41 Å². The number of nitrogens with one attached hydrogen (secondary N) is 2. The van der Waals surface area contributed by atoms with Crippen LogP contribution in [0.4, 0.5) is 0 Å². The van der Waals surface area contributed by atoms with E-state index in [1.807, 2.05) is 13.0 Å². The zero-order chi connectivity index (χ0) is 13.9. The van der Waals surface area contributed by atoms with E-state index in [0.29, 0.717) is 17.1 Å². The molecule has 2 rings (SSSR count). The summed E-state index contributed by atoms with van der Waals surface area (Å²) in [6.07, 6.45) is 2.33. The summed E-state index contributed by atoms with van der Waals surface area (Å²) < 4.78 is 0. The second-order valence-corrected chi connectivity index (χ2v) is 6.14. The Morgan fingerprint density at radius 3 is 2.95 bits per heavy atom. The summed E-state index contributed by atoms with van der Waals surface area (Å²) >= 11 is 5.97. The van der Waals surface area contributed by atoms with Gasteiger partial charge in [0.15, 0.2) is 0 Å². The minimum Gasteiger partial charge on any atom is -0.351 e. The number of amides is 1. The summed E-state index contributed by atoms with van der Waals surface area (Å²) in [6, 6.07) is 5.38. The van der Waals surface area contributed by atoms with Gasteiger partial charge in [-0.05, 0) is 55.5 Å². The van der Waals surface area contributed by atoms with Gasteiger partial charge in [0.2, 0.25) is 0 Å². The fourth-order valence-corrected chi connectivity index (χ4v) is 2.57. The van der Waals surface area contributed by atoms with E-state index < -0.39 is 0 Å². The van der Waals surface area contributed by atoms with E-state index in [2.05, 4.69) is 17.6 Å². The van der Waals surface area contributed by atoms with Gasteiger partial charge in [0.05, 0.1) is 0 Å². The number of hydrogen-bond acceptors (Lipinski definition) is 2. The average Bonchev–Trinajstić information content (AvgIpc) is 2.40. The predicted molar refractivity (Wildman–Crippen MR) is 78.7 cm³/mol. The molecule has 0 saturated carbocycles. The van der Waals surface area contributed by atoms with Gasteiger partial charge >= 0.3 is 0 Å². The summed E-state index contributed by atoms with van der Waals surface area (Å²) in [7, 11) is 0. The van der Waals surface area contributed by atoms with Crippen LogP contribution in [0.25, 0.3) is 0 Å². The molecule has 4 heteroatoms. The molecule has 3 nitrogen and oxygen atoms in total. The lowest BCUT2D eigenvalue weighted by molar-refractivity contribution is 0.0924. The second kappa shape index (κ2) is 5.93. The van der Waals surface area contributed by atoms with Gasteiger partial charge in [0, 0.05) is 23.7 Å². The summed E-state index contributed by atoms with van der Waals surface area (Å²) in [5, 5.41) is 7.11. The summed E-state index contributed by atoms with van der Waals surface area (Å²) in [4.78, 5) is 12.1. The zero-order valence-corrected chi connectivity index (χ0v) is 12.3. The highest BCUT2D eigenvalue weighted by Gasteiger charge is 2.27.